The fourth-order valence-corrected chi connectivity index (χ4v) is 4.30. The highest BCUT2D eigenvalue weighted by Gasteiger charge is 2.31. The molecule has 1 saturated heterocycles. The van der Waals surface area contributed by atoms with Crippen LogP contribution in [0.3, 0.4) is 0 Å². The van der Waals surface area contributed by atoms with Gasteiger partial charge in [0, 0.05) is 45.4 Å². The molecule has 0 bridgehead atoms. The highest BCUT2D eigenvalue weighted by atomic mass is 32.2. The lowest BCUT2D eigenvalue weighted by atomic mass is 10.3. The molecule has 2 rings (SSSR count). The molecule has 1 heterocycles. The number of nitro groups is 1. The zero-order chi connectivity index (χ0) is 20.4. The minimum absolute atomic E-state index is 0.0132. The van der Waals surface area contributed by atoms with Gasteiger partial charge in [0.05, 0.1) is 22.6 Å². The van der Waals surface area contributed by atoms with Gasteiger partial charge in [-0.15, -0.1) is 0 Å². The molecular formula is C14H20N4O7S2. The summed E-state index contributed by atoms with van der Waals surface area (Å²) in [6.07, 6.45) is 0.990. The average molecular weight is 420 g/mol. The standard InChI is InChI=1S/C14H20N4O7S2/c1-15(26(2,22)23)11-14(19)16-6-8-17(9-7-16)27(24,25)13-5-3-4-12(10-13)18(20)21/h3-5,10H,6-9,11H2,1-2H3. The number of rotatable bonds is 6. The molecule has 0 N–H and O–H groups in total. The highest BCUT2D eigenvalue weighted by molar-refractivity contribution is 7.89. The first-order chi connectivity index (χ1) is 12.4. The zero-order valence-corrected chi connectivity index (χ0v) is 16.4. The molecule has 13 heteroatoms. The van der Waals surface area contributed by atoms with Crippen LogP contribution < -0.4 is 0 Å². The van der Waals surface area contributed by atoms with Gasteiger partial charge in [-0.1, -0.05) is 6.07 Å². The number of nitro benzene ring substituents is 1. The van der Waals surface area contributed by atoms with E-state index in [0.29, 0.717) is 0 Å². The molecule has 0 unspecified atom stereocenters. The molecule has 1 amide bonds. The summed E-state index contributed by atoms with van der Waals surface area (Å²) in [5, 5.41) is 10.8. The molecule has 1 aromatic carbocycles. The summed E-state index contributed by atoms with van der Waals surface area (Å²) < 4.78 is 50.2. The number of piperazine rings is 1. The van der Waals surface area contributed by atoms with Gasteiger partial charge in [0.25, 0.3) is 5.69 Å². The third kappa shape index (κ3) is 5.00. The maximum absolute atomic E-state index is 12.7. The number of amides is 1. The van der Waals surface area contributed by atoms with E-state index in [9.17, 15) is 31.7 Å². The Kier molecular flexibility index (Phi) is 6.19. The van der Waals surface area contributed by atoms with Crippen LogP contribution in [0, 0.1) is 10.1 Å². The van der Waals surface area contributed by atoms with Crippen molar-refractivity contribution in [2.75, 3.05) is 46.0 Å². The van der Waals surface area contributed by atoms with Crippen LogP contribution in [0.15, 0.2) is 29.2 Å². The Labute approximate surface area is 157 Å². The quantitative estimate of drug-likeness (QED) is 0.439. The average Bonchev–Trinajstić information content (AvgIpc) is 2.61. The zero-order valence-electron chi connectivity index (χ0n) is 14.8. The summed E-state index contributed by atoms with van der Waals surface area (Å²) in [4.78, 5) is 23.5. The SMILES string of the molecule is CN(CC(=O)N1CCN(S(=O)(=O)c2cccc([N+](=O)[O-])c2)CC1)S(C)(=O)=O. The molecule has 150 valence electrons. The Bertz CT molecular complexity index is 938. The van der Waals surface area contributed by atoms with Crippen molar-refractivity contribution in [2.24, 2.45) is 0 Å². The first-order valence-electron chi connectivity index (χ1n) is 7.86. The number of nitrogens with zero attached hydrogens (tertiary/aromatic N) is 4. The van der Waals surface area contributed by atoms with Crippen LogP contribution in [0.25, 0.3) is 0 Å². The van der Waals surface area contributed by atoms with Crippen molar-refractivity contribution < 1.29 is 26.6 Å². The molecule has 1 aromatic rings. The minimum Gasteiger partial charge on any atom is -0.339 e. The molecule has 27 heavy (non-hydrogen) atoms. The van der Waals surface area contributed by atoms with Crippen molar-refractivity contribution in [1.82, 2.24) is 13.5 Å². The van der Waals surface area contributed by atoms with E-state index < -0.39 is 30.9 Å². The largest absolute Gasteiger partial charge is 0.339 e. The molecule has 0 aliphatic carbocycles. The van der Waals surface area contributed by atoms with Crippen LogP contribution >= 0.6 is 0 Å². The van der Waals surface area contributed by atoms with Crippen LogP contribution in [0.2, 0.25) is 0 Å². The van der Waals surface area contributed by atoms with E-state index in [4.69, 9.17) is 0 Å². The third-order valence-corrected chi connectivity index (χ3v) is 7.34. The fourth-order valence-electron chi connectivity index (χ4n) is 2.49. The number of hydrogen-bond acceptors (Lipinski definition) is 7. The molecule has 0 radical (unpaired) electrons. The smallest absolute Gasteiger partial charge is 0.270 e. The van der Waals surface area contributed by atoms with Gasteiger partial charge in [-0.05, 0) is 6.07 Å². The molecule has 0 aromatic heterocycles. The number of hydrogen-bond donors (Lipinski definition) is 0. The molecule has 1 aliphatic rings. The first kappa shape index (κ1) is 21.2. The topological polar surface area (TPSA) is 138 Å². The number of carbonyl (C=O) groups excluding carboxylic acids is 1. The predicted molar refractivity (Wildman–Crippen MR) is 95.9 cm³/mol. The van der Waals surface area contributed by atoms with Gasteiger partial charge in [0.1, 0.15) is 0 Å². The second kappa shape index (κ2) is 7.88. The van der Waals surface area contributed by atoms with Crippen molar-refractivity contribution in [1.29, 1.82) is 0 Å². The van der Waals surface area contributed by atoms with Gasteiger partial charge in [0.15, 0.2) is 0 Å². The number of non-ortho nitro benzene ring substituents is 1. The Balaban J connectivity index is 2.05. The van der Waals surface area contributed by atoms with Gasteiger partial charge in [-0.2, -0.15) is 8.61 Å². The van der Waals surface area contributed by atoms with Crippen LogP contribution in [0.5, 0.6) is 0 Å². The second-order valence-corrected chi connectivity index (χ2v) is 10.1. The highest BCUT2D eigenvalue weighted by Crippen LogP contribution is 2.22. The molecule has 11 nitrogen and oxygen atoms in total. The third-order valence-electron chi connectivity index (χ3n) is 4.18. The van der Waals surface area contributed by atoms with E-state index in [2.05, 4.69) is 0 Å². The Hall–Kier alpha value is -2.09. The summed E-state index contributed by atoms with van der Waals surface area (Å²) in [5.41, 5.74) is -0.325. The van der Waals surface area contributed by atoms with Crippen LogP contribution in [-0.4, -0.2) is 87.2 Å². The Morgan fingerprint density at radius 3 is 2.30 bits per heavy atom. The lowest BCUT2D eigenvalue weighted by Crippen LogP contribution is -2.52. The lowest BCUT2D eigenvalue weighted by molar-refractivity contribution is -0.385. The fraction of sp³-hybridized carbons (Fsp3) is 0.500. The summed E-state index contributed by atoms with van der Waals surface area (Å²) in [7, 11) is -6.13. The molecular weight excluding hydrogens is 400 g/mol. The van der Waals surface area contributed by atoms with Crippen molar-refractivity contribution >= 4 is 31.6 Å². The minimum atomic E-state index is -3.93. The maximum atomic E-state index is 12.7. The molecule has 0 spiro atoms. The Morgan fingerprint density at radius 1 is 1.19 bits per heavy atom. The Morgan fingerprint density at radius 2 is 1.78 bits per heavy atom. The van der Waals surface area contributed by atoms with Crippen LogP contribution in [0.4, 0.5) is 5.69 Å². The van der Waals surface area contributed by atoms with Crippen molar-refractivity contribution in [2.45, 2.75) is 4.90 Å². The van der Waals surface area contributed by atoms with Crippen LogP contribution in [-0.2, 0) is 24.8 Å². The predicted octanol–water partition coefficient (Wildman–Crippen LogP) is -0.681. The number of benzene rings is 1. The summed E-state index contributed by atoms with van der Waals surface area (Å²) in [6, 6.07) is 4.77. The van der Waals surface area contributed by atoms with E-state index in [1.54, 1.807) is 0 Å². The van der Waals surface area contributed by atoms with E-state index in [1.165, 1.54) is 30.1 Å². The van der Waals surface area contributed by atoms with Gasteiger partial charge >= 0.3 is 0 Å². The second-order valence-electron chi connectivity index (χ2n) is 6.06. The first-order valence-corrected chi connectivity index (χ1v) is 11.2. The van der Waals surface area contributed by atoms with Gasteiger partial charge in [-0.3, -0.25) is 14.9 Å². The summed E-state index contributed by atoms with van der Waals surface area (Å²) in [5.74, 6) is -0.421. The lowest BCUT2D eigenvalue weighted by Gasteiger charge is -2.34. The molecule has 1 aliphatic heterocycles. The van der Waals surface area contributed by atoms with Crippen molar-refractivity contribution in [3.63, 3.8) is 0 Å². The van der Waals surface area contributed by atoms with Crippen molar-refractivity contribution in [3.05, 3.63) is 34.4 Å². The summed E-state index contributed by atoms with van der Waals surface area (Å²) >= 11 is 0. The maximum Gasteiger partial charge on any atom is 0.270 e. The van der Waals surface area contributed by atoms with Gasteiger partial charge < -0.3 is 4.90 Å². The number of carbonyl (C=O) groups is 1. The van der Waals surface area contributed by atoms with E-state index in [0.717, 1.165) is 20.9 Å². The molecule has 0 atom stereocenters. The van der Waals surface area contributed by atoms with E-state index in [-0.39, 0.29) is 43.3 Å². The summed E-state index contributed by atoms with van der Waals surface area (Å²) in [6.45, 7) is -0.0929. The normalized spacial score (nSPS) is 16.5. The number of sulfonamides is 2. The van der Waals surface area contributed by atoms with E-state index in [1.807, 2.05) is 0 Å². The van der Waals surface area contributed by atoms with Gasteiger partial charge in [-0.25, -0.2) is 16.8 Å². The van der Waals surface area contributed by atoms with Gasteiger partial charge in [0.2, 0.25) is 26.0 Å². The molecule has 0 saturated carbocycles. The number of likely N-dealkylation sites (N-methyl/N-ethyl adjacent to an activating group) is 1. The molecule has 1 fully saturated rings. The van der Waals surface area contributed by atoms with E-state index >= 15 is 0 Å². The van der Waals surface area contributed by atoms with Crippen molar-refractivity contribution in [3.8, 4) is 0 Å². The monoisotopic (exact) mass is 420 g/mol. The van der Waals surface area contributed by atoms with Crippen LogP contribution in [0.1, 0.15) is 0 Å².